The van der Waals surface area contributed by atoms with Gasteiger partial charge in [0.25, 0.3) is 11.6 Å². The Kier molecular flexibility index (Phi) is 12.3. The van der Waals surface area contributed by atoms with Gasteiger partial charge in [0.1, 0.15) is 59.0 Å². The van der Waals surface area contributed by atoms with Crippen LogP contribution in [0.4, 0.5) is 0 Å². The molecule has 0 atom stereocenters. The monoisotopic (exact) mass is 1150 g/mol. The van der Waals surface area contributed by atoms with E-state index in [1.165, 1.54) is 29.6 Å². The molecule has 30 heteroatoms. The summed E-state index contributed by atoms with van der Waals surface area (Å²) < 4.78 is 149. The average Bonchev–Trinajstić information content (AvgIpc) is 1.58. The molecule has 0 aliphatic carbocycles. The Morgan fingerprint density at radius 3 is 1.35 bits per heavy atom. The van der Waals surface area contributed by atoms with Crippen LogP contribution in [-0.4, -0.2) is 168 Å². The highest BCUT2D eigenvalue weighted by Gasteiger charge is 2.26. The second-order valence-corrected chi connectivity index (χ2v) is 16.0. The molecule has 0 saturated heterocycles. The molecular formula is C50H48Cl2N18O10. The number of nitrogens with one attached hydrogen (secondary N) is 4. The highest BCUT2D eigenvalue weighted by Crippen LogP contribution is 2.34. The number of aromatic amines is 4. The van der Waals surface area contributed by atoms with Crippen LogP contribution in [0.2, 0.25) is 10.3 Å². The third-order valence-corrected chi connectivity index (χ3v) is 11.0. The van der Waals surface area contributed by atoms with Crippen LogP contribution < -0.4 is 18.9 Å². The summed E-state index contributed by atoms with van der Waals surface area (Å²) in [7, 11) is -10.7. The van der Waals surface area contributed by atoms with Crippen LogP contribution in [0, 0.1) is 13.8 Å². The number of rotatable bonds is 10. The van der Waals surface area contributed by atoms with Crippen LogP contribution in [0.25, 0.3) is 55.2 Å². The Balaban J connectivity index is 0.000000176. The lowest BCUT2D eigenvalue weighted by molar-refractivity contribution is -0.132. The Morgan fingerprint density at radius 1 is 0.562 bits per heavy atom. The standard InChI is InChI=1S/2C13H11N5O4.2C8H7ClN2O.2C4H6N2/c2*1-6-16-5-18(17-6)12-10-9(8(22-2)4-15-12)7(3-14-10)11(19)13(20)21;2*1-12-6-4-11-8(9)7-5(6)2-3-10-7;2*1-4-5-2-3-6-4/h2*3-5,14H,1-2H3,(H,20,21);2*2-4,10H,1H3;2*2H,3H2,1H3/i1D3,2D3;2D3;3*1D3;. The number of carboxylic acid groups (broad SMARTS) is 2. The van der Waals surface area contributed by atoms with Gasteiger partial charge in [-0.25, -0.2) is 58.8 Å². The van der Waals surface area contributed by atoms with Gasteiger partial charge in [0, 0.05) is 56.2 Å². The Bertz CT molecular complexity index is 4620. The van der Waals surface area contributed by atoms with Crippen molar-refractivity contribution in [3.8, 4) is 34.6 Å². The number of aromatic nitrogens is 14. The van der Waals surface area contributed by atoms with E-state index in [4.69, 9.17) is 77.0 Å². The molecule has 0 unspecified atom stereocenters. The smallest absolute Gasteiger partial charge is 0.377 e. The van der Waals surface area contributed by atoms with Crippen molar-refractivity contribution in [1.29, 1.82) is 0 Å². The topological polar surface area (TPSA) is 371 Å². The first-order valence-electron chi connectivity index (χ1n) is 31.0. The van der Waals surface area contributed by atoms with E-state index in [-0.39, 0.29) is 83.7 Å². The SMILES string of the molecule is CC1=NCC=N1.[2H]C([2H])([2H])C1=NCC=N1.[2H]C([2H])([2H])Oc1cnc(-n2cnc(C([2H])([2H])[2H])n2)c2[nH]cc(C(=O)C(=O)O)c12.[2H]C([2H])([2H])Oc1cnc(-n2cnc(C)n2)c2[nH]cc(C(=O)C(=O)O)c12.[2H]C([2H])([2H])Oc1cnc(Cl)c2[nH]ccc12.[2H]C([2H])([2H])Oc1cnc(Cl)c2[nH]ccc12. The van der Waals surface area contributed by atoms with E-state index < -0.39 is 71.2 Å². The Labute approximate surface area is 487 Å². The summed E-state index contributed by atoms with van der Waals surface area (Å²) in [6.07, 6.45) is 15.9. The van der Waals surface area contributed by atoms with Gasteiger partial charge in [0.15, 0.2) is 21.9 Å². The fraction of sp³-hybridized carbons (Fsp3) is 0.200. The molecule has 0 fully saturated rings. The van der Waals surface area contributed by atoms with Crippen LogP contribution >= 0.6 is 23.2 Å². The molecule has 10 aromatic rings. The van der Waals surface area contributed by atoms with Crippen LogP contribution in [0.5, 0.6) is 23.0 Å². The number of ketones is 2. The normalized spacial score (nSPS) is 16.1. The maximum Gasteiger partial charge on any atom is 0.377 e. The molecule has 0 saturated carbocycles. The fourth-order valence-electron chi connectivity index (χ4n) is 6.95. The summed E-state index contributed by atoms with van der Waals surface area (Å²) in [5, 5.41) is 27.5. The number of carbonyl (C=O) groups is 4. The number of hydrogen-bond donors (Lipinski definition) is 6. The maximum absolute atomic E-state index is 12.0. The van der Waals surface area contributed by atoms with Gasteiger partial charge >= 0.3 is 11.9 Å². The predicted molar refractivity (Wildman–Crippen MR) is 297 cm³/mol. The van der Waals surface area contributed by atoms with Gasteiger partial charge in [-0.15, -0.1) is 0 Å². The second kappa shape index (κ2) is 26.2. The minimum Gasteiger partial charge on any atom is -0.494 e. The van der Waals surface area contributed by atoms with E-state index in [1.807, 2.05) is 6.92 Å². The summed E-state index contributed by atoms with van der Waals surface area (Å²) in [6.45, 7) is 0.0544. The van der Waals surface area contributed by atoms with Crippen molar-refractivity contribution in [2.75, 3.05) is 41.2 Å². The van der Waals surface area contributed by atoms with Gasteiger partial charge in [-0.3, -0.25) is 19.6 Å². The molecule has 12 rings (SSSR count). The molecule has 2 aliphatic rings. The van der Waals surface area contributed by atoms with Crippen molar-refractivity contribution in [2.24, 2.45) is 20.0 Å². The van der Waals surface area contributed by atoms with Crippen LogP contribution in [0.3, 0.4) is 0 Å². The number of carboxylic acids is 2. The van der Waals surface area contributed by atoms with E-state index in [1.54, 1.807) is 37.7 Å². The maximum atomic E-state index is 12.0. The quantitative estimate of drug-likeness (QED) is 0.0461. The van der Waals surface area contributed by atoms with Gasteiger partial charge in [-0.2, -0.15) is 10.2 Å². The number of pyridine rings is 4. The van der Waals surface area contributed by atoms with Crippen LogP contribution in [0.1, 0.15) is 70.8 Å². The molecule has 6 N–H and O–H groups in total. The number of fused-ring (bicyclic) bond motifs is 4. The first-order valence-corrected chi connectivity index (χ1v) is 22.7. The highest BCUT2D eigenvalue weighted by atomic mass is 35.5. The number of ether oxygens (including phenoxy) is 4. The summed E-state index contributed by atoms with van der Waals surface area (Å²) in [4.78, 5) is 95.4. The number of carbonyl (C=O) groups excluding carboxylic acids is 2. The lowest BCUT2D eigenvalue weighted by Crippen LogP contribution is -2.12. The molecule has 0 radical (unpaired) electrons. The van der Waals surface area contributed by atoms with Crippen molar-refractivity contribution < 1.29 is 73.0 Å². The lowest BCUT2D eigenvalue weighted by Gasteiger charge is -2.06. The summed E-state index contributed by atoms with van der Waals surface area (Å²) >= 11 is 11.6. The van der Waals surface area contributed by atoms with Crippen LogP contribution in [-0.2, 0) is 9.59 Å². The molecular weight excluding hydrogens is 1080 g/mol. The molecule has 28 nitrogen and oxygen atoms in total. The zero-order chi connectivity index (χ0) is 72.6. The minimum atomic E-state index is -2.89. The number of H-pyrrole nitrogens is 4. The molecule has 80 heavy (non-hydrogen) atoms. The first kappa shape index (κ1) is 37.5. The van der Waals surface area contributed by atoms with E-state index >= 15 is 0 Å². The van der Waals surface area contributed by atoms with Gasteiger partial charge in [0.2, 0.25) is 0 Å². The Morgan fingerprint density at radius 2 is 1.00 bits per heavy atom. The number of hydrogen-bond acceptors (Lipinski definition) is 20. The molecule has 0 amide bonds. The number of aliphatic carboxylic acids is 2. The van der Waals surface area contributed by atoms with Crippen molar-refractivity contribution >= 4 is 114 Å². The average molecular weight is 1150 g/mol. The number of amidine groups is 2. The number of halogens is 2. The van der Waals surface area contributed by atoms with E-state index in [2.05, 4.69) is 80.0 Å². The van der Waals surface area contributed by atoms with Gasteiger partial charge in [-0.05, 0) is 39.7 Å². The highest BCUT2D eigenvalue weighted by molar-refractivity contribution is 6.43. The first-order chi connectivity index (χ1) is 45.5. The molecule has 412 valence electrons. The molecule has 12 heterocycles. The number of methoxy groups -OCH3 is 4. The molecule has 2 aliphatic heterocycles. The van der Waals surface area contributed by atoms with Crippen molar-refractivity contribution in [3.63, 3.8) is 0 Å². The number of aliphatic imine (C=N–C) groups is 4. The molecule has 0 bridgehead atoms. The number of nitrogens with zero attached hydrogens (tertiary/aromatic N) is 14. The van der Waals surface area contributed by atoms with Gasteiger partial charge < -0.3 is 49.1 Å². The lowest BCUT2D eigenvalue weighted by atomic mass is 10.1. The third-order valence-electron chi connectivity index (χ3n) is 10.4. The zero-order valence-electron chi connectivity index (χ0n) is 58.7. The van der Waals surface area contributed by atoms with Gasteiger partial charge in [0.05, 0.1) is 126 Å². The summed E-state index contributed by atoms with van der Waals surface area (Å²) in [5.41, 5.74) is 0.727. The third kappa shape index (κ3) is 13.1. The largest absolute Gasteiger partial charge is 0.494 e. The molecule has 10 aromatic heterocycles. The van der Waals surface area contributed by atoms with E-state index in [0.29, 0.717) is 34.2 Å². The van der Waals surface area contributed by atoms with Gasteiger partial charge in [-0.1, -0.05) is 23.2 Å². The van der Waals surface area contributed by atoms with Crippen LogP contribution in [0.15, 0.2) is 94.3 Å². The fourth-order valence-corrected chi connectivity index (χ4v) is 7.36. The number of Topliss-reactive ketones (excluding diaryl/α,β-unsaturated/α-hetero) is 2. The number of aryl methyl sites for hydroxylation is 2. The van der Waals surface area contributed by atoms with E-state index in [0.717, 1.165) is 48.2 Å². The van der Waals surface area contributed by atoms with Crippen molar-refractivity contribution in [3.05, 3.63) is 107 Å². The zero-order valence-corrected chi connectivity index (χ0v) is 42.2. The van der Waals surface area contributed by atoms with Crippen molar-refractivity contribution in [2.45, 2.75) is 27.6 Å². The molecule has 0 aromatic carbocycles. The second-order valence-electron chi connectivity index (χ2n) is 15.3. The van der Waals surface area contributed by atoms with Crippen molar-refractivity contribution in [1.82, 2.24) is 69.4 Å². The predicted octanol–water partition coefficient (Wildman–Crippen LogP) is 6.88. The summed E-state index contributed by atoms with van der Waals surface area (Å²) in [6, 6.07) is 3.37. The Hall–Kier alpha value is -10.2. The summed E-state index contributed by atoms with van der Waals surface area (Å²) in [5.74, 6) is -5.15. The van der Waals surface area contributed by atoms with E-state index in [9.17, 15) is 19.2 Å². The molecule has 0 spiro atoms. The minimum absolute atomic E-state index is 0.00772.